The summed E-state index contributed by atoms with van der Waals surface area (Å²) >= 11 is 0. The predicted octanol–water partition coefficient (Wildman–Crippen LogP) is 2.18. The van der Waals surface area contributed by atoms with E-state index in [2.05, 4.69) is 19.2 Å². The van der Waals surface area contributed by atoms with Crippen molar-refractivity contribution in [1.82, 2.24) is 5.32 Å². The molecule has 0 saturated heterocycles. The number of nitrogens with one attached hydrogen (secondary N) is 1. The quantitative estimate of drug-likeness (QED) is 0.700. The highest BCUT2D eigenvalue weighted by Gasteiger charge is 2.51. The molecule has 0 aromatic heterocycles. The molecule has 0 spiro atoms. The number of carboxylic acids is 1. The summed E-state index contributed by atoms with van der Waals surface area (Å²) in [7, 11) is 0. The van der Waals surface area contributed by atoms with Gasteiger partial charge in [-0.15, -0.1) is 0 Å². The largest absolute Gasteiger partial charge is 0.480 e. The topological polar surface area (TPSA) is 66.4 Å². The Labute approximate surface area is 103 Å². The van der Waals surface area contributed by atoms with E-state index in [9.17, 15) is 9.59 Å². The van der Waals surface area contributed by atoms with Gasteiger partial charge in [-0.3, -0.25) is 9.59 Å². The summed E-state index contributed by atoms with van der Waals surface area (Å²) in [5.74, 6) is -0.849. The van der Waals surface area contributed by atoms with E-state index in [-0.39, 0.29) is 11.9 Å². The van der Waals surface area contributed by atoms with Gasteiger partial charge in [0.2, 0.25) is 5.91 Å². The first-order valence-electron chi connectivity index (χ1n) is 6.52. The van der Waals surface area contributed by atoms with Gasteiger partial charge in [0, 0.05) is 6.04 Å². The zero-order chi connectivity index (χ0) is 13.1. The third-order valence-electron chi connectivity index (χ3n) is 4.17. The molecule has 1 saturated carbocycles. The van der Waals surface area contributed by atoms with Gasteiger partial charge in [-0.2, -0.15) is 0 Å². The van der Waals surface area contributed by atoms with Gasteiger partial charge in [-0.25, -0.2) is 0 Å². The van der Waals surface area contributed by atoms with E-state index in [1.54, 1.807) is 0 Å². The maximum Gasteiger partial charge on any atom is 0.319 e. The van der Waals surface area contributed by atoms with Gasteiger partial charge in [-0.05, 0) is 25.7 Å². The fraction of sp³-hybridized carbons (Fsp3) is 0.846. The highest BCUT2D eigenvalue weighted by Crippen LogP contribution is 2.41. The number of rotatable bonds is 6. The van der Waals surface area contributed by atoms with Gasteiger partial charge < -0.3 is 10.4 Å². The average molecular weight is 241 g/mol. The van der Waals surface area contributed by atoms with Crippen LogP contribution in [0.1, 0.15) is 52.9 Å². The van der Waals surface area contributed by atoms with E-state index in [4.69, 9.17) is 5.11 Å². The molecule has 1 aliphatic carbocycles. The zero-order valence-electron chi connectivity index (χ0n) is 11.0. The number of amides is 1. The molecule has 0 aromatic rings. The minimum Gasteiger partial charge on any atom is -0.480 e. The molecule has 1 amide bonds. The summed E-state index contributed by atoms with van der Waals surface area (Å²) < 4.78 is 0. The van der Waals surface area contributed by atoms with Crippen LogP contribution in [0.15, 0.2) is 0 Å². The average Bonchev–Trinajstić information content (AvgIpc) is 2.16. The Morgan fingerprint density at radius 3 is 2.12 bits per heavy atom. The Bertz CT molecular complexity index is 293. The van der Waals surface area contributed by atoms with E-state index in [1.165, 1.54) is 0 Å². The maximum absolute atomic E-state index is 12.0. The Balaban J connectivity index is 2.62. The summed E-state index contributed by atoms with van der Waals surface area (Å²) in [6.07, 6.45) is 3.78. The highest BCUT2D eigenvalue weighted by molar-refractivity contribution is 6.02. The van der Waals surface area contributed by atoms with Crippen LogP contribution in [0.25, 0.3) is 0 Å². The SMILES string of the molecule is CCC(CC)C(C)NC(=O)C1(C(=O)O)CCC1. The minimum atomic E-state index is -1.14. The monoisotopic (exact) mass is 241 g/mol. The normalized spacial score (nSPS) is 19.5. The number of carbonyl (C=O) groups excluding carboxylic acids is 1. The summed E-state index contributed by atoms with van der Waals surface area (Å²) in [5, 5.41) is 12.0. The molecule has 2 N–H and O–H groups in total. The van der Waals surface area contributed by atoms with Crippen molar-refractivity contribution in [3.05, 3.63) is 0 Å². The van der Waals surface area contributed by atoms with Gasteiger partial charge in [0.25, 0.3) is 0 Å². The van der Waals surface area contributed by atoms with E-state index in [0.717, 1.165) is 19.3 Å². The molecule has 0 radical (unpaired) electrons. The lowest BCUT2D eigenvalue weighted by molar-refractivity contribution is -0.162. The van der Waals surface area contributed by atoms with Crippen LogP contribution in [0, 0.1) is 11.3 Å². The van der Waals surface area contributed by atoms with Crippen molar-refractivity contribution in [3.63, 3.8) is 0 Å². The number of hydrogen-bond acceptors (Lipinski definition) is 2. The van der Waals surface area contributed by atoms with Crippen molar-refractivity contribution < 1.29 is 14.7 Å². The molecule has 4 heteroatoms. The van der Waals surface area contributed by atoms with Crippen molar-refractivity contribution >= 4 is 11.9 Å². The van der Waals surface area contributed by atoms with Crippen LogP contribution in [0.2, 0.25) is 0 Å². The number of aliphatic carboxylic acids is 1. The Morgan fingerprint density at radius 2 is 1.82 bits per heavy atom. The Kier molecular flexibility index (Phi) is 4.54. The molecular weight excluding hydrogens is 218 g/mol. The van der Waals surface area contributed by atoms with Gasteiger partial charge in [0.05, 0.1) is 0 Å². The summed E-state index contributed by atoms with van der Waals surface area (Å²) in [4.78, 5) is 23.2. The Morgan fingerprint density at radius 1 is 1.29 bits per heavy atom. The third kappa shape index (κ3) is 2.61. The van der Waals surface area contributed by atoms with Gasteiger partial charge >= 0.3 is 5.97 Å². The van der Waals surface area contributed by atoms with Crippen LogP contribution in [0.4, 0.5) is 0 Å². The van der Waals surface area contributed by atoms with E-state index < -0.39 is 11.4 Å². The lowest BCUT2D eigenvalue weighted by atomic mass is 9.68. The fourth-order valence-electron chi connectivity index (χ4n) is 2.53. The molecule has 1 atom stereocenters. The third-order valence-corrected chi connectivity index (χ3v) is 4.17. The molecule has 98 valence electrons. The lowest BCUT2D eigenvalue weighted by Gasteiger charge is -2.37. The molecule has 1 aliphatic rings. The minimum absolute atomic E-state index is 0.0503. The van der Waals surface area contributed by atoms with E-state index >= 15 is 0 Å². The predicted molar refractivity (Wildman–Crippen MR) is 65.6 cm³/mol. The first-order chi connectivity index (χ1) is 7.97. The molecule has 17 heavy (non-hydrogen) atoms. The first kappa shape index (κ1) is 14.0. The maximum atomic E-state index is 12.0. The lowest BCUT2D eigenvalue weighted by Crippen LogP contribution is -2.54. The van der Waals surface area contributed by atoms with Gasteiger partial charge in [0.1, 0.15) is 5.41 Å². The zero-order valence-corrected chi connectivity index (χ0v) is 11.0. The molecule has 0 aliphatic heterocycles. The van der Waals surface area contributed by atoms with Crippen LogP contribution >= 0.6 is 0 Å². The molecule has 1 fully saturated rings. The molecule has 1 unspecified atom stereocenters. The second kappa shape index (κ2) is 5.52. The summed E-state index contributed by atoms with van der Waals surface area (Å²) in [6.45, 7) is 6.14. The Hall–Kier alpha value is -1.06. The van der Waals surface area contributed by atoms with Crippen LogP contribution in [-0.4, -0.2) is 23.0 Å². The molecule has 1 rings (SSSR count). The summed E-state index contributed by atoms with van der Waals surface area (Å²) in [6, 6.07) is 0.0503. The molecule has 0 bridgehead atoms. The smallest absolute Gasteiger partial charge is 0.319 e. The van der Waals surface area contributed by atoms with Crippen molar-refractivity contribution in [2.75, 3.05) is 0 Å². The van der Waals surface area contributed by atoms with Crippen LogP contribution in [0.3, 0.4) is 0 Å². The standard InChI is InChI=1S/C13H23NO3/c1-4-10(5-2)9(3)14-11(15)13(12(16)17)7-6-8-13/h9-10H,4-8H2,1-3H3,(H,14,15)(H,16,17). The second-order valence-corrected chi connectivity index (χ2v) is 5.08. The van der Waals surface area contributed by atoms with Crippen molar-refractivity contribution in [1.29, 1.82) is 0 Å². The van der Waals surface area contributed by atoms with Crippen molar-refractivity contribution in [2.24, 2.45) is 11.3 Å². The van der Waals surface area contributed by atoms with Gasteiger partial charge in [-0.1, -0.05) is 33.1 Å². The number of carbonyl (C=O) groups is 2. The van der Waals surface area contributed by atoms with Crippen LogP contribution in [0.5, 0.6) is 0 Å². The van der Waals surface area contributed by atoms with E-state index in [1.807, 2.05) is 6.92 Å². The highest BCUT2D eigenvalue weighted by atomic mass is 16.4. The summed E-state index contributed by atoms with van der Waals surface area (Å²) in [5.41, 5.74) is -1.14. The second-order valence-electron chi connectivity index (χ2n) is 5.08. The molecule has 0 aromatic carbocycles. The van der Waals surface area contributed by atoms with Crippen molar-refractivity contribution in [3.8, 4) is 0 Å². The number of hydrogen-bond donors (Lipinski definition) is 2. The van der Waals surface area contributed by atoms with Crippen molar-refractivity contribution in [2.45, 2.75) is 58.9 Å². The molecule has 4 nitrogen and oxygen atoms in total. The molecular formula is C13H23NO3. The van der Waals surface area contributed by atoms with E-state index in [0.29, 0.717) is 18.8 Å². The van der Waals surface area contributed by atoms with Gasteiger partial charge in [0.15, 0.2) is 0 Å². The first-order valence-corrected chi connectivity index (χ1v) is 6.52. The van der Waals surface area contributed by atoms with Crippen LogP contribution < -0.4 is 5.32 Å². The van der Waals surface area contributed by atoms with Crippen LogP contribution in [-0.2, 0) is 9.59 Å². The molecule has 0 heterocycles. The fourth-order valence-corrected chi connectivity index (χ4v) is 2.53. The number of carboxylic acid groups (broad SMARTS) is 1.